The quantitative estimate of drug-likeness (QED) is 0.632. The van der Waals surface area contributed by atoms with E-state index in [1.165, 1.54) is 0 Å². The van der Waals surface area contributed by atoms with Crippen LogP contribution in [-0.4, -0.2) is 28.3 Å². The number of halogens is 2. The first-order chi connectivity index (χ1) is 12.0. The summed E-state index contributed by atoms with van der Waals surface area (Å²) < 4.78 is 31.9. The van der Waals surface area contributed by atoms with Crippen molar-refractivity contribution in [1.29, 1.82) is 0 Å². The molecule has 1 atom stereocenters. The maximum atomic E-state index is 13.5. The van der Waals surface area contributed by atoms with Gasteiger partial charge in [-0.05, 0) is 25.7 Å². The molecule has 0 saturated heterocycles. The van der Waals surface area contributed by atoms with Crippen LogP contribution in [-0.2, 0) is 9.53 Å². The van der Waals surface area contributed by atoms with Crippen molar-refractivity contribution in [2.45, 2.75) is 25.7 Å². The molecular formula is C18H14F2N2O3. The summed E-state index contributed by atoms with van der Waals surface area (Å²) in [4.78, 5) is 33.3. The maximum Gasteiger partial charge on any atom is 0.341 e. The van der Waals surface area contributed by atoms with E-state index < -0.39 is 23.4 Å². The molecule has 1 saturated carbocycles. The van der Waals surface area contributed by atoms with Gasteiger partial charge in [0.25, 0.3) is 0 Å². The van der Waals surface area contributed by atoms with E-state index in [1.807, 2.05) is 0 Å². The van der Waals surface area contributed by atoms with Gasteiger partial charge in [-0.2, -0.15) is 0 Å². The molecule has 5 nitrogen and oxygen atoms in total. The van der Waals surface area contributed by atoms with E-state index >= 15 is 0 Å². The lowest BCUT2D eigenvalue weighted by atomic mass is 9.86. The molecule has 4 rings (SSSR count). The summed E-state index contributed by atoms with van der Waals surface area (Å²) in [6, 6.07) is 1.87. The van der Waals surface area contributed by atoms with Crippen molar-refractivity contribution >= 4 is 22.8 Å². The zero-order valence-corrected chi connectivity index (χ0v) is 13.4. The molecule has 25 heavy (non-hydrogen) atoms. The maximum absolute atomic E-state index is 13.5. The molecule has 0 radical (unpaired) electrons. The van der Waals surface area contributed by atoms with Crippen LogP contribution in [0.4, 0.5) is 8.78 Å². The van der Waals surface area contributed by atoms with Crippen molar-refractivity contribution < 1.29 is 23.1 Å². The molecule has 0 bridgehead atoms. The SMILES string of the molecule is CCOC(=O)C1=CC(C2CC2)c2nc3cc(F)c(F)cc3nc2C1=O. The Kier molecular flexibility index (Phi) is 3.59. The first kappa shape index (κ1) is 15.8. The molecule has 0 spiro atoms. The average Bonchev–Trinajstić information content (AvgIpc) is 3.40. The van der Waals surface area contributed by atoms with Gasteiger partial charge in [0.05, 0.1) is 23.3 Å². The van der Waals surface area contributed by atoms with Gasteiger partial charge in [0.15, 0.2) is 11.6 Å². The zero-order chi connectivity index (χ0) is 17.7. The Hall–Kier alpha value is -2.70. The van der Waals surface area contributed by atoms with E-state index in [-0.39, 0.29) is 40.7 Å². The number of rotatable bonds is 3. The normalized spacial score (nSPS) is 19.6. The highest BCUT2D eigenvalue weighted by Gasteiger charge is 2.41. The molecular weight excluding hydrogens is 330 g/mol. The topological polar surface area (TPSA) is 69.2 Å². The van der Waals surface area contributed by atoms with E-state index in [9.17, 15) is 18.4 Å². The van der Waals surface area contributed by atoms with Crippen LogP contribution in [0.5, 0.6) is 0 Å². The summed E-state index contributed by atoms with van der Waals surface area (Å²) >= 11 is 0. The second-order valence-electron chi connectivity index (χ2n) is 6.21. The van der Waals surface area contributed by atoms with Crippen molar-refractivity contribution in [2.24, 2.45) is 5.92 Å². The molecule has 1 fully saturated rings. The van der Waals surface area contributed by atoms with E-state index in [0.717, 1.165) is 25.0 Å². The van der Waals surface area contributed by atoms with Gasteiger partial charge < -0.3 is 4.74 Å². The van der Waals surface area contributed by atoms with Crippen LogP contribution in [0.25, 0.3) is 11.0 Å². The molecule has 0 aliphatic heterocycles. The number of benzene rings is 1. The van der Waals surface area contributed by atoms with E-state index in [1.54, 1.807) is 13.0 Å². The number of fused-ring (bicyclic) bond motifs is 2. The molecule has 7 heteroatoms. The van der Waals surface area contributed by atoms with Crippen LogP contribution in [0.2, 0.25) is 0 Å². The number of Topliss-reactive ketones (excluding diaryl/α,β-unsaturated/α-hetero) is 1. The fourth-order valence-electron chi connectivity index (χ4n) is 3.11. The minimum absolute atomic E-state index is 0.0148. The molecule has 2 aliphatic rings. The molecule has 1 aromatic carbocycles. The Bertz CT molecular complexity index is 951. The predicted octanol–water partition coefficient (Wildman–Crippen LogP) is 3.09. The lowest BCUT2D eigenvalue weighted by molar-refractivity contribution is -0.138. The average molecular weight is 344 g/mol. The van der Waals surface area contributed by atoms with E-state index in [0.29, 0.717) is 5.69 Å². The molecule has 2 aromatic rings. The highest BCUT2D eigenvalue weighted by molar-refractivity contribution is 6.25. The number of hydrogen-bond donors (Lipinski definition) is 0. The molecule has 2 aliphatic carbocycles. The number of allylic oxidation sites excluding steroid dienone is 1. The molecule has 1 unspecified atom stereocenters. The summed E-state index contributed by atoms with van der Waals surface area (Å²) in [5, 5.41) is 0. The Balaban J connectivity index is 1.89. The Morgan fingerprint density at radius 3 is 2.44 bits per heavy atom. The Labute approximate surface area is 141 Å². The van der Waals surface area contributed by atoms with Crippen molar-refractivity contribution in [3.63, 3.8) is 0 Å². The third kappa shape index (κ3) is 2.59. The summed E-state index contributed by atoms with van der Waals surface area (Å²) in [7, 11) is 0. The first-order valence-electron chi connectivity index (χ1n) is 8.10. The fraction of sp³-hybridized carbons (Fsp3) is 0.333. The van der Waals surface area contributed by atoms with Gasteiger partial charge >= 0.3 is 5.97 Å². The second-order valence-corrected chi connectivity index (χ2v) is 6.21. The zero-order valence-electron chi connectivity index (χ0n) is 13.4. The van der Waals surface area contributed by atoms with Crippen molar-refractivity contribution in [2.75, 3.05) is 6.61 Å². The molecule has 0 N–H and O–H groups in total. The number of aromatic nitrogens is 2. The van der Waals surface area contributed by atoms with E-state index in [2.05, 4.69) is 9.97 Å². The predicted molar refractivity (Wildman–Crippen MR) is 84.0 cm³/mol. The van der Waals surface area contributed by atoms with Crippen LogP contribution in [0.1, 0.15) is 41.9 Å². The number of carbonyl (C=O) groups is 2. The Morgan fingerprint density at radius 2 is 1.84 bits per heavy atom. The number of ketones is 1. The monoisotopic (exact) mass is 344 g/mol. The third-order valence-electron chi connectivity index (χ3n) is 4.48. The van der Waals surface area contributed by atoms with Gasteiger partial charge in [-0.3, -0.25) is 4.79 Å². The number of hydrogen-bond acceptors (Lipinski definition) is 5. The Morgan fingerprint density at radius 1 is 1.20 bits per heavy atom. The summed E-state index contributed by atoms with van der Waals surface area (Å²) in [5.41, 5.74) is 0.622. The van der Waals surface area contributed by atoms with Crippen molar-refractivity contribution in [3.05, 3.63) is 46.8 Å². The van der Waals surface area contributed by atoms with Gasteiger partial charge in [-0.25, -0.2) is 23.5 Å². The van der Waals surface area contributed by atoms with Crippen LogP contribution in [0, 0.1) is 17.6 Å². The van der Waals surface area contributed by atoms with Crippen LogP contribution >= 0.6 is 0 Å². The van der Waals surface area contributed by atoms with Crippen LogP contribution in [0.3, 0.4) is 0 Å². The lowest BCUT2D eigenvalue weighted by Crippen LogP contribution is -2.25. The first-order valence-corrected chi connectivity index (χ1v) is 8.10. The molecule has 1 heterocycles. The van der Waals surface area contributed by atoms with Gasteiger partial charge in [0.2, 0.25) is 5.78 Å². The highest BCUT2D eigenvalue weighted by atomic mass is 19.2. The summed E-state index contributed by atoms with van der Waals surface area (Å²) in [6.45, 7) is 1.81. The van der Waals surface area contributed by atoms with Gasteiger partial charge in [0, 0.05) is 18.1 Å². The standard InChI is InChI=1S/C18H14F2N2O3/c1-2-25-18(24)10-5-9(8-3-4-8)15-16(17(10)23)22-14-7-12(20)11(19)6-13(14)21-15/h5-9H,2-4H2,1H3. The van der Waals surface area contributed by atoms with Gasteiger partial charge in [-0.15, -0.1) is 0 Å². The number of esters is 1. The van der Waals surface area contributed by atoms with E-state index in [4.69, 9.17) is 4.74 Å². The summed E-state index contributed by atoms with van der Waals surface area (Å²) in [5.74, 6) is -3.37. The smallest absolute Gasteiger partial charge is 0.341 e. The molecule has 0 amide bonds. The molecule has 1 aromatic heterocycles. The number of nitrogens with zero attached hydrogens (tertiary/aromatic N) is 2. The highest BCUT2D eigenvalue weighted by Crippen LogP contribution is 2.46. The summed E-state index contributed by atoms with van der Waals surface area (Å²) in [6.07, 6.45) is 3.48. The van der Waals surface area contributed by atoms with Crippen molar-refractivity contribution in [3.8, 4) is 0 Å². The fourth-order valence-corrected chi connectivity index (χ4v) is 3.11. The number of ether oxygens (including phenoxy) is 1. The lowest BCUT2D eigenvalue weighted by Gasteiger charge is -2.21. The minimum atomic E-state index is -1.06. The van der Waals surface area contributed by atoms with Gasteiger partial charge in [-0.1, -0.05) is 6.08 Å². The minimum Gasteiger partial charge on any atom is -0.462 e. The second kappa shape index (κ2) is 5.68. The molecule has 128 valence electrons. The van der Waals surface area contributed by atoms with Crippen molar-refractivity contribution in [1.82, 2.24) is 9.97 Å². The largest absolute Gasteiger partial charge is 0.462 e. The third-order valence-corrected chi connectivity index (χ3v) is 4.48. The van der Waals surface area contributed by atoms with Crippen LogP contribution in [0.15, 0.2) is 23.8 Å². The number of carbonyl (C=O) groups excluding carboxylic acids is 2. The van der Waals surface area contributed by atoms with Crippen LogP contribution < -0.4 is 0 Å². The van der Waals surface area contributed by atoms with Gasteiger partial charge in [0.1, 0.15) is 11.3 Å².